The van der Waals surface area contributed by atoms with Gasteiger partial charge in [-0.2, -0.15) is 0 Å². The summed E-state index contributed by atoms with van der Waals surface area (Å²) in [6.07, 6.45) is 1.66. The van der Waals surface area contributed by atoms with Crippen LogP contribution in [0.3, 0.4) is 0 Å². The normalized spacial score (nSPS) is 9.64. The van der Waals surface area contributed by atoms with Crippen LogP contribution in [0.4, 0.5) is 10.1 Å². The third-order valence-electron chi connectivity index (χ3n) is 1.61. The zero-order valence-electron chi connectivity index (χ0n) is 6.39. The quantitative estimate of drug-likeness (QED) is 0.612. The molecule has 0 spiro atoms. The molecule has 0 bridgehead atoms. The van der Waals surface area contributed by atoms with Crippen molar-refractivity contribution in [3.63, 3.8) is 0 Å². The smallest absolute Gasteiger partial charge is 0.146 e. The lowest BCUT2D eigenvalue weighted by Crippen LogP contribution is -1.92. The molecule has 0 heterocycles. The Kier molecular flexibility index (Phi) is 1.94. The van der Waals surface area contributed by atoms with Gasteiger partial charge >= 0.3 is 0 Å². The lowest BCUT2D eigenvalue weighted by molar-refractivity contribution is 0.631. The first-order chi connectivity index (χ1) is 5.15. The van der Waals surface area contributed by atoms with Crippen molar-refractivity contribution in [2.75, 3.05) is 5.73 Å². The van der Waals surface area contributed by atoms with Crippen molar-refractivity contribution < 1.29 is 4.39 Å². The van der Waals surface area contributed by atoms with Gasteiger partial charge in [0.15, 0.2) is 0 Å². The molecule has 0 radical (unpaired) electrons. The van der Waals surface area contributed by atoms with Gasteiger partial charge in [0.25, 0.3) is 0 Å². The minimum absolute atomic E-state index is 0.172. The molecular weight excluding hydrogens is 141 g/mol. The molecule has 0 aromatic heterocycles. The topological polar surface area (TPSA) is 26.0 Å². The highest BCUT2D eigenvalue weighted by Crippen LogP contribution is 2.17. The maximum atomic E-state index is 12.7. The van der Waals surface area contributed by atoms with Crippen molar-refractivity contribution in [3.8, 4) is 0 Å². The number of aryl methyl sites for hydroxylation is 1. The van der Waals surface area contributed by atoms with Crippen LogP contribution in [0.5, 0.6) is 0 Å². The largest absolute Gasteiger partial charge is 0.396 e. The molecule has 0 atom stereocenters. The number of hydrogen-bond donors (Lipinski definition) is 1. The van der Waals surface area contributed by atoms with E-state index in [1.165, 1.54) is 6.07 Å². The molecule has 0 aliphatic carbocycles. The number of nitrogens with two attached hydrogens (primary N) is 1. The Balaban J connectivity index is 3.31. The van der Waals surface area contributed by atoms with E-state index in [0.29, 0.717) is 0 Å². The molecule has 0 saturated heterocycles. The van der Waals surface area contributed by atoms with Crippen molar-refractivity contribution in [3.05, 3.63) is 35.7 Å². The first-order valence-electron chi connectivity index (χ1n) is 3.33. The van der Waals surface area contributed by atoms with Gasteiger partial charge in [-0.15, -0.1) is 0 Å². The minimum atomic E-state index is -0.367. The lowest BCUT2D eigenvalue weighted by Gasteiger charge is -2.02. The molecule has 58 valence electrons. The van der Waals surface area contributed by atoms with Crippen LogP contribution in [0.15, 0.2) is 18.7 Å². The fourth-order valence-electron chi connectivity index (χ4n) is 0.927. The fourth-order valence-corrected chi connectivity index (χ4v) is 0.927. The van der Waals surface area contributed by atoms with Crippen molar-refractivity contribution in [2.45, 2.75) is 6.92 Å². The van der Waals surface area contributed by atoms with Crippen LogP contribution in [0.25, 0.3) is 6.08 Å². The van der Waals surface area contributed by atoms with E-state index in [4.69, 9.17) is 5.73 Å². The van der Waals surface area contributed by atoms with Crippen LogP contribution < -0.4 is 5.73 Å². The van der Waals surface area contributed by atoms with E-state index in [1.54, 1.807) is 12.1 Å². The number of rotatable bonds is 1. The van der Waals surface area contributed by atoms with E-state index in [0.717, 1.165) is 11.1 Å². The molecule has 0 fully saturated rings. The third-order valence-corrected chi connectivity index (χ3v) is 1.61. The molecule has 0 aliphatic rings. The van der Waals surface area contributed by atoms with E-state index in [2.05, 4.69) is 6.58 Å². The molecule has 0 unspecified atom stereocenters. The van der Waals surface area contributed by atoms with Gasteiger partial charge in [0.05, 0.1) is 5.69 Å². The molecule has 1 rings (SSSR count). The Morgan fingerprint density at radius 1 is 1.55 bits per heavy atom. The number of hydrogen-bond acceptors (Lipinski definition) is 1. The van der Waals surface area contributed by atoms with Gasteiger partial charge in [0.1, 0.15) is 5.82 Å². The molecule has 1 nitrogen and oxygen atoms in total. The molecular formula is C9H10FN. The van der Waals surface area contributed by atoms with Gasteiger partial charge in [0, 0.05) is 0 Å². The van der Waals surface area contributed by atoms with Gasteiger partial charge in [-0.05, 0) is 30.2 Å². The second kappa shape index (κ2) is 2.74. The number of nitrogen functional groups attached to an aromatic ring is 1. The van der Waals surface area contributed by atoms with Gasteiger partial charge in [-0.3, -0.25) is 0 Å². The predicted molar refractivity (Wildman–Crippen MR) is 45.6 cm³/mol. The summed E-state index contributed by atoms with van der Waals surface area (Å²) in [6.45, 7) is 5.40. The Morgan fingerprint density at radius 3 is 2.73 bits per heavy atom. The average molecular weight is 151 g/mol. The van der Waals surface area contributed by atoms with Gasteiger partial charge in [-0.1, -0.05) is 12.7 Å². The summed E-state index contributed by atoms with van der Waals surface area (Å²) in [5.41, 5.74) is 7.25. The summed E-state index contributed by atoms with van der Waals surface area (Å²) < 4.78 is 12.7. The summed E-state index contributed by atoms with van der Waals surface area (Å²) in [5, 5.41) is 0. The van der Waals surface area contributed by atoms with Crippen LogP contribution in [0, 0.1) is 12.7 Å². The molecule has 0 amide bonds. The molecule has 2 heteroatoms. The van der Waals surface area contributed by atoms with Crippen molar-refractivity contribution in [2.24, 2.45) is 0 Å². The predicted octanol–water partition coefficient (Wildman–Crippen LogP) is 2.36. The van der Waals surface area contributed by atoms with Crippen molar-refractivity contribution in [1.29, 1.82) is 0 Å². The maximum Gasteiger partial charge on any atom is 0.146 e. The van der Waals surface area contributed by atoms with Gasteiger partial charge in [0.2, 0.25) is 0 Å². The summed E-state index contributed by atoms with van der Waals surface area (Å²) in [4.78, 5) is 0. The lowest BCUT2D eigenvalue weighted by atomic mass is 10.1. The average Bonchev–Trinajstić information content (AvgIpc) is 1.97. The molecule has 2 N–H and O–H groups in total. The number of benzene rings is 1. The van der Waals surface area contributed by atoms with Crippen LogP contribution in [-0.4, -0.2) is 0 Å². The monoisotopic (exact) mass is 151 g/mol. The fraction of sp³-hybridized carbons (Fsp3) is 0.111. The Hall–Kier alpha value is -1.31. The van der Waals surface area contributed by atoms with E-state index in [9.17, 15) is 4.39 Å². The summed E-state index contributed by atoms with van der Waals surface area (Å²) >= 11 is 0. The van der Waals surface area contributed by atoms with Gasteiger partial charge < -0.3 is 5.73 Å². The molecule has 0 aliphatic heterocycles. The SMILES string of the molecule is C=Cc1cc(N)c(F)cc1C. The zero-order chi connectivity index (χ0) is 8.43. The van der Waals surface area contributed by atoms with Crippen LogP contribution >= 0.6 is 0 Å². The third kappa shape index (κ3) is 1.40. The van der Waals surface area contributed by atoms with Gasteiger partial charge in [-0.25, -0.2) is 4.39 Å². The van der Waals surface area contributed by atoms with Crippen LogP contribution in [-0.2, 0) is 0 Å². The van der Waals surface area contributed by atoms with E-state index >= 15 is 0 Å². The maximum absolute atomic E-state index is 12.7. The second-order valence-electron chi connectivity index (χ2n) is 2.43. The number of halogens is 1. The second-order valence-corrected chi connectivity index (χ2v) is 2.43. The van der Waals surface area contributed by atoms with Crippen LogP contribution in [0.2, 0.25) is 0 Å². The van der Waals surface area contributed by atoms with E-state index < -0.39 is 0 Å². The molecule has 1 aromatic carbocycles. The first kappa shape index (κ1) is 7.79. The van der Waals surface area contributed by atoms with Crippen molar-refractivity contribution in [1.82, 2.24) is 0 Å². The summed E-state index contributed by atoms with van der Waals surface area (Å²) in [7, 11) is 0. The number of anilines is 1. The highest BCUT2D eigenvalue weighted by molar-refractivity contribution is 5.58. The van der Waals surface area contributed by atoms with Crippen molar-refractivity contribution >= 4 is 11.8 Å². The minimum Gasteiger partial charge on any atom is -0.396 e. The summed E-state index contributed by atoms with van der Waals surface area (Å²) in [5.74, 6) is -0.367. The zero-order valence-corrected chi connectivity index (χ0v) is 6.39. The Morgan fingerprint density at radius 2 is 2.18 bits per heavy atom. The summed E-state index contributed by atoms with van der Waals surface area (Å²) in [6, 6.07) is 2.99. The van der Waals surface area contributed by atoms with Crippen LogP contribution in [0.1, 0.15) is 11.1 Å². The highest BCUT2D eigenvalue weighted by Gasteiger charge is 2.00. The van der Waals surface area contributed by atoms with E-state index in [1.807, 2.05) is 6.92 Å². The first-order valence-corrected chi connectivity index (χ1v) is 3.33. The molecule has 11 heavy (non-hydrogen) atoms. The van der Waals surface area contributed by atoms with E-state index in [-0.39, 0.29) is 11.5 Å². The Bertz CT molecular complexity index is 292. The molecule has 0 saturated carbocycles. The standard InChI is InChI=1S/C9H10FN/c1-3-7-5-9(11)8(10)4-6(7)2/h3-5H,1,11H2,2H3. The highest BCUT2D eigenvalue weighted by atomic mass is 19.1. The Labute approximate surface area is 65.3 Å². The molecule has 1 aromatic rings.